The number of hydrogen-bond acceptors (Lipinski definition) is 4. The van der Waals surface area contributed by atoms with Crippen LogP contribution in [0.2, 0.25) is 0 Å². The maximum atomic E-state index is 9.34. The lowest BCUT2D eigenvalue weighted by Gasteiger charge is -2.19. The second kappa shape index (κ2) is 7.02. The van der Waals surface area contributed by atoms with Gasteiger partial charge >= 0.3 is 0 Å². The first-order valence-electron chi connectivity index (χ1n) is 7.51. The van der Waals surface area contributed by atoms with Gasteiger partial charge in [0.2, 0.25) is 0 Å². The Labute approximate surface area is 125 Å². The van der Waals surface area contributed by atoms with E-state index in [1.54, 1.807) is 0 Å². The molecule has 0 amide bonds. The highest BCUT2D eigenvalue weighted by Gasteiger charge is 2.14. The van der Waals surface area contributed by atoms with Crippen LogP contribution in [0.1, 0.15) is 23.9 Å². The van der Waals surface area contributed by atoms with Crippen molar-refractivity contribution in [3.05, 3.63) is 29.1 Å². The van der Waals surface area contributed by atoms with E-state index in [1.807, 2.05) is 0 Å². The smallest absolute Gasteiger partial charge is 0.124 e. The summed E-state index contributed by atoms with van der Waals surface area (Å²) >= 11 is 0. The van der Waals surface area contributed by atoms with Crippen molar-refractivity contribution in [2.75, 3.05) is 26.3 Å². The molecule has 0 saturated heterocycles. The SMILES string of the molecule is CCN(CCO)Cc1nc2cc(C)c(C)cc2n1CCO. The summed E-state index contributed by atoms with van der Waals surface area (Å²) in [7, 11) is 0. The Morgan fingerprint density at radius 2 is 1.86 bits per heavy atom. The Morgan fingerprint density at radius 1 is 1.14 bits per heavy atom. The van der Waals surface area contributed by atoms with Crippen molar-refractivity contribution in [1.82, 2.24) is 14.5 Å². The van der Waals surface area contributed by atoms with Crippen LogP contribution >= 0.6 is 0 Å². The molecular formula is C16H25N3O2. The Balaban J connectivity index is 2.44. The highest BCUT2D eigenvalue weighted by atomic mass is 16.3. The number of nitrogens with zero attached hydrogens (tertiary/aromatic N) is 3. The van der Waals surface area contributed by atoms with Crippen LogP contribution in [0.15, 0.2) is 12.1 Å². The van der Waals surface area contributed by atoms with Crippen LogP contribution in [-0.2, 0) is 13.1 Å². The van der Waals surface area contributed by atoms with Crippen LogP contribution in [-0.4, -0.2) is 51.0 Å². The fourth-order valence-electron chi connectivity index (χ4n) is 2.59. The third kappa shape index (κ3) is 3.43. The third-order valence-electron chi connectivity index (χ3n) is 3.99. The molecule has 0 aliphatic rings. The average Bonchev–Trinajstić information content (AvgIpc) is 2.77. The van der Waals surface area contributed by atoms with E-state index in [0.717, 1.165) is 23.4 Å². The molecule has 0 atom stereocenters. The molecule has 2 aromatic rings. The lowest BCUT2D eigenvalue weighted by molar-refractivity contribution is 0.191. The Morgan fingerprint density at radius 3 is 2.48 bits per heavy atom. The summed E-state index contributed by atoms with van der Waals surface area (Å²) in [6, 6.07) is 4.24. The number of aliphatic hydroxyl groups excluding tert-OH is 2. The van der Waals surface area contributed by atoms with E-state index in [1.165, 1.54) is 11.1 Å². The summed E-state index contributed by atoms with van der Waals surface area (Å²) in [6.07, 6.45) is 0. The molecule has 0 unspecified atom stereocenters. The van der Waals surface area contributed by atoms with Gasteiger partial charge in [0, 0.05) is 13.1 Å². The quantitative estimate of drug-likeness (QED) is 0.811. The number of rotatable bonds is 7. The largest absolute Gasteiger partial charge is 0.395 e. The first-order valence-corrected chi connectivity index (χ1v) is 7.51. The molecule has 1 heterocycles. The van der Waals surface area contributed by atoms with Gasteiger partial charge < -0.3 is 14.8 Å². The van der Waals surface area contributed by atoms with Gasteiger partial charge in [-0.1, -0.05) is 6.92 Å². The van der Waals surface area contributed by atoms with E-state index < -0.39 is 0 Å². The molecule has 0 spiro atoms. The second-order valence-electron chi connectivity index (χ2n) is 5.42. The van der Waals surface area contributed by atoms with Gasteiger partial charge in [0.05, 0.1) is 30.8 Å². The Kier molecular flexibility index (Phi) is 5.33. The van der Waals surface area contributed by atoms with Crippen LogP contribution in [0, 0.1) is 13.8 Å². The van der Waals surface area contributed by atoms with Gasteiger partial charge in [-0.25, -0.2) is 4.98 Å². The summed E-state index contributed by atoms with van der Waals surface area (Å²) in [5.74, 6) is 0.944. The van der Waals surface area contributed by atoms with Gasteiger partial charge in [-0.05, 0) is 43.7 Å². The van der Waals surface area contributed by atoms with E-state index in [0.29, 0.717) is 19.6 Å². The topological polar surface area (TPSA) is 61.5 Å². The number of fused-ring (bicyclic) bond motifs is 1. The van der Waals surface area contributed by atoms with Crippen molar-refractivity contribution >= 4 is 11.0 Å². The van der Waals surface area contributed by atoms with Gasteiger partial charge in [-0.3, -0.25) is 4.90 Å². The predicted molar refractivity (Wildman–Crippen MR) is 84.3 cm³/mol. The molecule has 5 heteroatoms. The van der Waals surface area contributed by atoms with E-state index in [-0.39, 0.29) is 13.2 Å². The number of likely N-dealkylation sites (N-methyl/N-ethyl adjacent to an activating group) is 1. The van der Waals surface area contributed by atoms with Gasteiger partial charge in [0.1, 0.15) is 5.82 Å². The number of aliphatic hydroxyl groups is 2. The molecule has 0 aliphatic heterocycles. The summed E-state index contributed by atoms with van der Waals surface area (Å²) in [6.45, 7) is 9.22. The fourth-order valence-corrected chi connectivity index (χ4v) is 2.59. The molecule has 21 heavy (non-hydrogen) atoms. The van der Waals surface area contributed by atoms with Crippen LogP contribution in [0.4, 0.5) is 0 Å². The standard InChI is InChI=1S/C16H25N3O2/c1-4-18(5-7-20)11-16-17-14-9-12(2)13(3)10-15(14)19(16)6-8-21/h9-10,20-21H,4-8,11H2,1-3H3. The zero-order chi connectivity index (χ0) is 15.4. The van der Waals surface area contributed by atoms with E-state index >= 15 is 0 Å². The fraction of sp³-hybridized carbons (Fsp3) is 0.562. The Hall–Kier alpha value is -1.43. The lowest BCUT2D eigenvalue weighted by Crippen LogP contribution is -2.28. The van der Waals surface area contributed by atoms with Crippen molar-refractivity contribution in [2.45, 2.75) is 33.9 Å². The lowest BCUT2D eigenvalue weighted by atomic mass is 10.1. The van der Waals surface area contributed by atoms with Crippen molar-refractivity contribution in [2.24, 2.45) is 0 Å². The number of aromatic nitrogens is 2. The molecule has 116 valence electrons. The van der Waals surface area contributed by atoms with Crippen molar-refractivity contribution in [1.29, 1.82) is 0 Å². The third-order valence-corrected chi connectivity index (χ3v) is 3.99. The second-order valence-corrected chi connectivity index (χ2v) is 5.42. The molecule has 0 radical (unpaired) electrons. The zero-order valence-electron chi connectivity index (χ0n) is 13.1. The highest BCUT2D eigenvalue weighted by molar-refractivity contribution is 5.78. The predicted octanol–water partition coefficient (Wildman–Crippen LogP) is 1.46. The van der Waals surface area contributed by atoms with E-state index in [9.17, 15) is 5.11 Å². The maximum absolute atomic E-state index is 9.34. The van der Waals surface area contributed by atoms with Crippen molar-refractivity contribution < 1.29 is 10.2 Å². The first kappa shape index (κ1) is 15.9. The normalized spacial score (nSPS) is 11.7. The molecular weight excluding hydrogens is 266 g/mol. The first-order chi connectivity index (χ1) is 10.1. The van der Waals surface area contributed by atoms with Gasteiger partial charge in [-0.15, -0.1) is 0 Å². The minimum absolute atomic E-state index is 0.0948. The summed E-state index contributed by atoms with van der Waals surface area (Å²) in [5, 5.41) is 18.5. The average molecular weight is 291 g/mol. The van der Waals surface area contributed by atoms with Gasteiger partial charge in [0.25, 0.3) is 0 Å². The number of imidazole rings is 1. The van der Waals surface area contributed by atoms with E-state index in [2.05, 4.69) is 42.4 Å². The molecule has 1 aromatic heterocycles. The number of aryl methyl sites for hydroxylation is 2. The zero-order valence-corrected chi connectivity index (χ0v) is 13.1. The van der Waals surface area contributed by atoms with Crippen LogP contribution in [0.3, 0.4) is 0 Å². The number of hydrogen-bond donors (Lipinski definition) is 2. The monoisotopic (exact) mass is 291 g/mol. The summed E-state index contributed by atoms with van der Waals surface area (Å²) in [4.78, 5) is 6.88. The molecule has 0 bridgehead atoms. The van der Waals surface area contributed by atoms with E-state index in [4.69, 9.17) is 10.1 Å². The molecule has 0 fully saturated rings. The van der Waals surface area contributed by atoms with Gasteiger partial charge in [0.15, 0.2) is 0 Å². The van der Waals surface area contributed by atoms with Crippen molar-refractivity contribution in [3.8, 4) is 0 Å². The Bertz CT molecular complexity index is 607. The molecule has 1 aromatic carbocycles. The summed E-state index contributed by atoms with van der Waals surface area (Å²) in [5.41, 5.74) is 4.50. The molecule has 5 nitrogen and oxygen atoms in total. The molecule has 2 N–H and O–H groups in total. The maximum Gasteiger partial charge on any atom is 0.124 e. The molecule has 2 rings (SSSR count). The number of benzene rings is 1. The van der Waals surface area contributed by atoms with Crippen LogP contribution in [0.5, 0.6) is 0 Å². The van der Waals surface area contributed by atoms with Gasteiger partial charge in [-0.2, -0.15) is 0 Å². The highest BCUT2D eigenvalue weighted by Crippen LogP contribution is 2.21. The van der Waals surface area contributed by atoms with Crippen LogP contribution in [0.25, 0.3) is 11.0 Å². The minimum atomic E-state index is 0.0948. The van der Waals surface area contributed by atoms with Crippen LogP contribution < -0.4 is 0 Å². The molecule has 0 saturated carbocycles. The van der Waals surface area contributed by atoms with Crippen molar-refractivity contribution in [3.63, 3.8) is 0 Å². The summed E-state index contributed by atoms with van der Waals surface area (Å²) < 4.78 is 2.09. The molecule has 0 aliphatic carbocycles. The minimum Gasteiger partial charge on any atom is -0.395 e.